The zero-order valence-corrected chi connectivity index (χ0v) is 11.1. The summed E-state index contributed by atoms with van der Waals surface area (Å²) in [4.78, 5) is 0. The number of para-hydroxylation sites is 1. The summed E-state index contributed by atoms with van der Waals surface area (Å²) in [6.07, 6.45) is 0.891. The number of hydrazine groups is 1. The molecular formula is C16H17FN2O. The Morgan fingerprint density at radius 3 is 2.65 bits per heavy atom. The molecule has 0 aromatic heterocycles. The molecule has 0 bridgehead atoms. The Morgan fingerprint density at radius 2 is 1.90 bits per heavy atom. The van der Waals surface area contributed by atoms with E-state index in [9.17, 15) is 4.39 Å². The van der Waals surface area contributed by atoms with Gasteiger partial charge in [-0.25, -0.2) is 4.39 Å². The van der Waals surface area contributed by atoms with Crippen molar-refractivity contribution in [3.8, 4) is 5.75 Å². The van der Waals surface area contributed by atoms with Crippen molar-refractivity contribution in [2.45, 2.75) is 12.5 Å². The molecule has 3 nitrogen and oxygen atoms in total. The molecule has 0 amide bonds. The third-order valence-corrected chi connectivity index (χ3v) is 3.79. The predicted octanol–water partition coefficient (Wildman–Crippen LogP) is 2.58. The second kappa shape index (κ2) is 5.61. The van der Waals surface area contributed by atoms with Crippen molar-refractivity contribution >= 4 is 0 Å². The van der Waals surface area contributed by atoms with Gasteiger partial charge in [-0.2, -0.15) is 0 Å². The second-order valence-corrected chi connectivity index (χ2v) is 5.08. The minimum absolute atomic E-state index is 0.0519. The third kappa shape index (κ3) is 2.53. The van der Waals surface area contributed by atoms with Gasteiger partial charge in [0.15, 0.2) is 0 Å². The normalized spacial score (nSPS) is 19.0. The van der Waals surface area contributed by atoms with E-state index in [1.54, 1.807) is 12.1 Å². The summed E-state index contributed by atoms with van der Waals surface area (Å²) in [5, 5.41) is 0. The number of nitrogens with two attached hydrogens (primary N) is 1. The first-order valence-corrected chi connectivity index (χ1v) is 6.70. The minimum atomic E-state index is -0.241. The van der Waals surface area contributed by atoms with Gasteiger partial charge >= 0.3 is 0 Å². The van der Waals surface area contributed by atoms with Gasteiger partial charge < -0.3 is 4.74 Å². The maximum atomic E-state index is 13.0. The smallest absolute Gasteiger partial charge is 0.123 e. The maximum absolute atomic E-state index is 13.0. The Kier molecular flexibility index (Phi) is 3.67. The van der Waals surface area contributed by atoms with Crippen LogP contribution < -0.4 is 16.0 Å². The van der Waals surface area contributed by atoms with Gasteiger partial charge in [-0.05, 0) is 35.7 Å². The van der Waals surface area contributed by atoms with Crippen LogP contribution in [0, 0.1) is 11.7 Å². The van der Waals surface area contributed by atoms with Gasteiger partial charge in [0, 0.05) is 5.92 Å². The largest absolute Gasteiger partial charge is 0.493 e. The van der Waals surface area contributed by atoms with E-state index < -0.39 is 0 Å². The molecule has 104 valence electrons. The summed E-state index contributed by atoms with van der Waals surface area (Å²) in [6, 6.07) is 14.4. The van der Waals surface area contributed by atoms with E-state index in [4.69, 9.17) is 10.6 Å². The fraction of sp³-hybridized carbons (Fsp3) is 0.250. The van der Waals surface area contributed by atoms with E-state index in [1.807, 2.05) is 18.2 Å². The molecule has 0 radical (unpaired) electrons. The number of hydrogen-bond acceptors (Lipinski definition) is 3. The number of rotatable bonds is 3. The van der Waals surface area contributed by atoms with Crippen molar-refractivity contribution in [2.75, 3.05) is 6.61 Å². The lowest BCUT2D eigenvalue weighted by molar-refractivity contribution is 0.185. The zero-order valence-electron chi connectivity index (χ0n) is 11.1. The topological polar surface area (TPSA) is 47.3 Å². The molecule has 0 fully saturated rings. The minimum Gasteiger partial charge on any atom is -0.493 e. The quantitative estimate of drug-likeness (QED) is 0.667. The highest BCUT2D eigenvalue weighted by Crippen LogP contribution is 2.33. The van der Waals surface area contributed by atoms with Crippen LogP contribution in [0.2, 0.25) is 0 Å². The van der Waals surface area contributed by atoms with E-state index in [-0.39, 0.29) is 17.8 Å². The van der Waals surface area contributed by atoms with Crippen LogP contribution in [-0.2, 0) is 6.42 Å². The van der Waals surface area contributed by atoms with Crippen LogP contribution in [0.3, 0.4) is 0 Å². The summed E-state index contributed by atoms with van der Waals surface area (Å²) < 4.78 is 18.8. The number of ether oxygens (including phenoxy) is 1. The first kappa shape index (κ1) is 13.1. The summed E-state index contributed by atoms with van der Waals surface area (Å²) in [5.74, 6) is 6.62. The summed E-state index contributed by atoms with van der Waals surface area (Å²) in [7, 11) is 0. The Balaban J connectivity index is 1.83. The van der Waals surface area contributed by atoms with E-state index in [1.165, 1.54) is 17.7 Å². The highest BCUT2D eigenvalue weighted by molar-refractivity contribution is 5.36. The first-order valence-electron chi connectivity index (χ1n) is 6.70. The maximum Gasteiger partial charge on any atom is 0.123 e. The molecule has 0 aliphatic carbocycles. The van der Waals surface area contributed by atoms with E-state index in [0.29, 0.717) is 6.61 Å². The van der Waals surface area contributed by atoms with Crippen molar-refractivity contribution in [3.63, 3.8) is 0 Å². The van der Waals surface area contributed by atoms with Crippen LogP contribution in [0.5, 0.6) is 5.75 Å². The van der Waals surface area contributed by atoms with Gasteiger partial charge in [0.05, 0.1) is 12.6 Å². The summed E-state index contributed by atoms with van der Waals surface area (Å²) in [6.45, 7) is 0.600. The monoisotopic (exact) mass is 272 g/mol. The number of fused-ring (bicyclic) bond motifs is 1. The zero-order chi connectivity index (χ0) is 13.9. The molecule has 2 aromatic rings. The predicted molar refractivity (Wildman–Crippen MR) is 75.6 cm³/mol. The van der Waals surface area contributed by atoms with Gasteiger partial charge in [-0.3, -0.25) is 11.3 Å². The summed E-state index contributed by atoms with van der Waals surface area (Å²) in [5.41, 5.74) is 5.00. The Morgan fingerprint density at radius 1 is 1.15 bits per heavy atom. The Labute approximate surface area is 117 Å². The van der Waals surface area contributed by atoms with Gasteiger partial charge in [-0.1, -0.05) is 30.3 Å². The van der Waals surface area contributed by atoms with Crippen molar-refractivity contribution < 1.29 is 9.13 Å². The number of halogens is 1. The van der Waals surface area contributed by atoms with Crippen LogP contribution in [0.15, 0.2) is 48.5 Å². The van der Waals surface area contributed by atoms with E-state index >= 15 is 0 Å². The fourth-order valence-corrected chi connectivity index (χ4v) is 2.74. The SMILES string of the molecule is NNC(c1ccc(F)cc1)C1COc2ccccc2C1. The lowest BCUT2D eigenvalue weighted by atomic mass is 9.87. The van der Waals surface area contributed by atoms with Crippen LogP contribution in [0.1, 0.15) is 17.2 Å². The van der Waals surface area contributed by atoms with Crippen molar-refractivity contribution in [3.05, 3.63) is 65.5 Å². The lowest BCUT2D eigenvalue weighted by Gasteiger charge is -2.31. The van der Waals surface area contributed by atoms with E-state index in [2.05, 4.69) is 11.5 Å². The van der Waals surface area contributed by atoms with Gasteiger partial charge in [-0.15, -0.1) is 0 Å². The van der Waals surface area contributed by atoms with Crippen molar-refractivity contribution in [1.82, 2.24) is 5.43 Å². The average Bonchev–Trinajstić information content (AvgIpc) is 2.50. The molecule has 3 rings (SSSR count). The van der Waals surface area contributed by atoms with Crippen molar-refractivity contribution in [2.24, 2.45) is 11.8 Å². The Hall–Kier alpha value is -1.91. The van der Waals surface area contributed by atoms with Crippen LogP contribution in [-0.4, -0.2) is 6.61 Å². The number of nitrogens with one attached hydrogen (secondary N) is 1. The molecule has 1 aliphatic rings. The molecule has 1 aliphatic heterocycles. The van der Waals surface area contributed by atoms with Crippen LogP contribution in [0.4, 0.5) is 4.39 Å². The highest BCUT2D eigenvalue weighted by atomic mass is 19.1. The number of hydrogen-bond donors (Lipinski definition) is 2. The molecule has 0 saturated carbocycles. The lowest BCUT2D eigenvalue weighted by Crippen LogP contribution is -2.38. The standard InChI is InChI=1S/C16H17FN2O/c17-14-7-5-11(6-8-14)16(19-18)13-9-12-3-1-2-4-15(12)20-10-13/h1-8,13,16,19H,9-10,18H2. The van der Waals surface area contributed by atoms with Gasteiger partial charge in [0.2, 0.25) is 0 Å². The van der Waals surface area contributed by atoms with Crippen LogP contribution >= 0.6 is 0 Å². The van der Waals surface area contributed by atoms with Crippen molar-refractivity contribution in [1.29, 1.82) is 0 Å². The fourth-order valence-electron chi connectivity index (χ4n) is 2.74. The number of benzene rings is 2. The second-order valence-electron chi connectivity index (χ2n) is 5.08. The van der Waals surface area contributed by atoms with E-state index in [0.717, 1.165) is 17.7 Å². The average molecular weight is 272 g/mol. The molecule has 2 unspecified atom stereocenters. The molecule has 2 aromatic carbocycles. The Bertz CT molecular complexity index is 585. The molecular weight excluding hydrogens is 255 g/mol. The molecule has 4 heteroatoms. The van der Waals surface area contributed by atoms with Gasteiger partial charge in [0.1, 0.15) is 11.6 Å². The summed E-state index contributed by atoms with van der Waals surface area (Å²) >= 11 is 0. The molecule has 0 saturated heterocycles. The highest BCUT2D eigenvalue weighted by Gasteiger charge is 2.27. The third-order valence-electron chi connectivity index (χ3n) is 3.79. The van der Waals surface area contributed by atoms with Crippen LogP contribution in [0.25, 0.3) is 0 Å². The molecule has 0 spiro atoms. The van der Waals surface area contributed by atoms with Gasteiger partial charge in [0.25, 0.3) is 0 Å². The molecule has 2 atom stereocenters. The first-order chi connectivity index (χ1) is 9.78. The molecule has 3 N–H and O–H groups in total. The molecule has 1 heterocycles. The molecule has 20 heavy (non-hydrogen) atoms.